The summed E-state index contributed by atoms with van der Waals surface area (Å²) in [7, 11) is 0. The number of hydrogen-bond donors (Lipinski definition) is 3. The highest BCUT2D eigenvalue weighted by Crippen LogP contribution is 2.22. The maximum atomic E-state index is 13.2. The highest BCUT2D eigenvalue weighted by atomic mass is 16.5. The largest absolute Gasteiger partial charge is 0.493 e. The van der Waals surface area contributed by atoms with Gasteiger partial charge in [-0.2, -0.15) is 0 Å². The molecule has 0 radical (unpaired) electrons. The lowest BCUT2D eigenvalue weighted by molar-refractivity contribution is -0.145. The number of carbonyl (C=O) groups excluding carboxylic acids is 3. The zero-order valence-corrected chi connectivity index (χ0v) is 16.2. The van der Waals surface area contributed by atoms with E-state index in [4.69, 9.17) is 4.74 Å². The molecule has 2 aliphatic heterocycles. The standard InChI is InChI=1S/C20H25N3O6/c1-12(24)21-16-11-13-4-2-5-14(10-13)29-9-7-15(20(27)28)22-18(25)17-6-3-8-23(17)19(16)26/h2,4-5,10,15-17H,3,6-9,11H2,1H3,(H,21,24)(H,22,25)(H,27,28)/t15-,16+,17+/m1/s1. The molecule has 9 heteroatoms. The Balaban J connectivity index is 1.94. The SMILES string of the molecule is CC(=O)N[C@H]1Cc2cccc(c2)OCC[C@H](C(=O)O)NC(=O)[C@@H]2CCCN2C1=O. The number of hydrogen-bond acceptors (Lipinski definition) is 5. The topological polar surface area (TPSA) is 125 Å². The number of carboxylic acid groups (broad SMARTS) is 1. The van der Waals surface area contributed by atoms with Crippen LogP contribution in [0.5, 0.6) is 5.75 Å². The van der Waals surface area contributed by atoms with Gasteiger partial charge in [-0.3, -0.25) is 14.4 Å². The van der Waals surface area contributed by atoms with Gasteiger partial charge >= 0.3 is 5.97 Å². The molecule has 1 saturated heterocycles. The van der Waals surface area contributed by atoms with Crippen LogP contribution in [0.2, 0.25) is 0 Å². The van der Waals surface area contributed by atoms with Crippen LogP contribution in [0.4, 0.5) is 0 Å². The van der Waals surface area contributed by atoms with E-state index in [0.29, 0.717) is 25.1 Å². The predicted octanol–water partition coefficient (Wildman–Crippen LogP) is 0.0767. The molecule has 3 rings (SSSR count). The van der Waals surface area contributed by atoms with Gasteiger partial charge in [0.1, 0.15) is 23.9 Å². The van der Waals surface area contributed by atoms with Gasteiger partial charge in [-0.25, -0.2) is 4.79 Å². The summed E-state index contributed by atoms with van der Waals surface area (Å²) >= 11 is 0. The minimum Gasteiger partial charge on any atom is -0.493 e. The maximum absolute atomic E-state index is 13.2. The Hall–Kier alpha value is -3.10. The first kappa shape index (κ1) is 20.6. The molecule has 0 saturated carbocycles. The van der Waals surface area contributed by atoms with Gasteiger partial charge in [-0.15, -0.1) is 0 Å². The van der Waals surface area contributed by atoms with E-state index in [2.05, 4.69) is 10.6 Å². The van der Waals surface area contributed by atoms with Gasteiger partial charge in [-0.1, -0.05) is 12.1 Å². The molecule has 29 heavy (non-hydrogen) atoms. The summed E-state index contributed by atoms with van der Waals surface area (Å²) in [5.41, 5.74) is 0.793. The molecule has 0 aromatic heterocycles. The Labute approximate surface area is 168 Å². The average Bonchev–Trinajstić information content (AvgIpc) is 3.15. The van der Waals surface area contributed by atoms with Crippen LogP contribution >= 0.6 is 0 Å². The molecule has 3 N–H and O–H groups in total. The van der Waals surface area contributed by atoms with Crippen LogP contribution in [0.3, 0.4) is 0 Å². The number of aliphatic carboxylic acids is 1. The third-order valence-corrected chi connectivity index (χ3v) is 5.14. The van der Waals surface area contributed by atoms with Crippen molar-refractivity contribution in [3.05, 3.63) is 29.8 Å². The van der Waals surface area contributed by atoms with E-state index >= 15 is 0 Å². The lowest BCUT2D eigenvalue weighted by Crippen LogP contribution is -2.55. The summed E-state index contributed by atoms with van der Waals surface area (Å²) in [6.45, 7) is 1.83. The number of fused-ring (bicyclic) bond motifs is 3. The Morgan fingerprint density at radius 1 is 1.28 bits per heavy atom. The Morgan fingerprint density at radius 2 is 2.07 bits per heavy atom. The molecular formula is C20H25N3O6. The van der Waals surface area contributed by atoms with Gasteiger partial charge in [-0.05, 0) is 30.5 Å². The van der Waals surface area contributed by atoms with E-state index < -0.39 is 30.0 Å². The number of rotatable bonds is 2. The lowest BCUT2D eigenvalue weighted by atomic mass is 10.0. The number of carboxylic acids is 1. The third-order valence-electron chi connectivity index (χ3n) is 5.14. The second-order valence-electron chi connectivity index (χ2n) is 7.33. The van der Waals surface area contributed by atoms with Crippen molar-refractivity contribution in [1.82, 2.24) is 15.5 Å². The summed E-state index contributed by atoms with van der Waals surface area (Å²) in [5, 5.41) is 14.6. The molecule has 0 spiro atoms. The summed E-state index contributed by atoms with van der Waals surface area (Å²) < 4.78 is 5.64. The lowest BCUT2D eigenvalue weighted by Gasteiger charge is -2.29. The van der Waals surface area contributed by atoms with Crippen LogP contribution in [-0.2, 0) is 25.6 Å². The van der Waals surface area contributed by atoms with Crippen molar-refractivity contribution >= 4 is 23.7 Å². The highest BCUT2D eigenvalue weighted by molar-refractivity contribution is 5.93. The number of nitrogens with one attached hydrogen (secondary N) is 2. The van der Waals surface area contributed by atoms with Gasteiger partial charge < -0.3 is 25.4 Å². The van der Waals surface area contributed by atoms with Crippen molar-refractivity contribution < 1.29 is 29.0 Å². The van der Waals surface area contributed by atoms with Gasteiger partial charge in [0.25, 0.3) is 0 Å². The summed E-state index contributed by atoms with van der Waals surface area (Å²) in [6, 6.07) is 4.41. The summed E-state index contributed by atoms with van der Waals surface area (Å²) in [6.07, 6.45) is 1.44. The average molecular weight is 403 g/mol. The Kier molecular flexibility index (Phi) is 6.36. The molecule has 2 heterocycles. The summed E-state index contributed by atoms with van der Waals surface area (Å²) in [4.78, 5) is 50.6. The van der Waals surface area contributed by atoms with E-state index in [1.165, 1.54) is 11.8 Å². The number of amides is 3. The van der Waals surface area contributed by atoms with E-state index in [9.17, 15) is 24.3 Å². The number of nitrogens with zero attached hydrogens (tertiary/aromatic N) is 1. The minimum absolute atomic E-state index is 0.0977. The molecule has 0 unspecified atom stereocenters. The fraction of sp³-hybridized carbons (Fsp3) is 0.500. The van der Waals surface area contributed by atoms with Crippen LogP contribution in [0.15, 0.2) is 24.3 Å². The van der Waals surface area contributed by atoms with Crippen molar-refractivity contribution in [3.8, 4) is 5.75 Å². The van der Waals surface area contributed by atoms with Crippen molar-refractivity contribution in [2.24, 2.45) is 0 Å². The van der Waals surface area contributed by atoms with Gasteiger partial charge in [0.05, 0.1) is 6.61 Å². The molecular weight excluding hydrogens is 378 g/mol. The van der Waals surface area contributed by atoms with Crippen LogP contribution in [0.25, 0.3) is 0 Å². The number of carbonyl (C=O) groups is 4. The van der Waals surface area contributed by atoms with Gasteiger partial charge in [0.15, 0.2) is 0 Å². The molecule has 2 bridgehead atoms. The molecule has 1 fully saturated rings. The first-order chi connectivity index (χ1) is 13.8. The van der Waals surface area contributed by atoms with Crippen LogP contribution < -0.4 is 15.4 Å². The first-order valence-electron chi connectivity index (χ1n) is 9.67. The fourth-order valence-corrected chi connectivity index (χ4v) is 3.77. The molecule has 9 nitrogen and oxygen atoms in total. The quantitative estimate of drug-likeness (QED) is 0.642. The van der Waals surface area contributed by atoms with Gasteiger partial charge in [0.2, 0.25) is 17.7 Å². The monoisotopic (exact) mass is 403 g/mol. The maximum Gasteiger partial charge on any atom is 0.326 e. The van der Waals surface area contributed by atoms with Gasteiger partial charge in [0, 0.05) is 26.3 Å². The van der Waals surface area contributed by atoms with E-state index in [1.807, 2.05) is 6.07 Å². The van der Waals surface area contributed by atoms with Crippen LogP contribution in [-0.4, -0.2) is 65.0 Å². The van der Waals surface area contributed by atoms with Crippen molar-refractivity contribution in [2.75, 3.05) is 13.2 Å². The van der Waals surface area contributed by atoms with Crippen molar-refractivity contribution in [2.45, 2.75) is 50.7 Å². The molecule has 1 aromatic rings. The molecule has 0 aliphatic carbocycles. The highest BCUT2D eigenvalue weighted by Gasteiger charge is 2.38. The number of benzene rings is 1. The first-order valence-corrected chi connectivity index (χ1v) is 9.67. The third kappa shape index (κ3) is 5.04. The molecule has 156 valence electrons. The molecule has 1 aromatic carbocycles. The second kappa shape index (κ2) is 8.93. The van der Waals surface area contributed by atoms with Crippen LogP contribution in [0.1, 0.15) is 31.7 Å². The number of ether oxygens (including phenoxy) is 1. The second-order valence-corrected chi connectivity index (χ2v) is 7.33. The van der Waals surface area contributed by atoms with Crippen molar-refractivity contribution in [1.29, 1.82) is 0 Å². The summed E-state index contributed by atoms with van der Waals surface area (Å²) in [5.74, 6) is -1.82. The minimum atomic E-state index is -1.16. The Bertz CT molecular complexity index is 811. The zero-order valence-electron chi connectivity index (χ0n) is 16.2. The fourth-order valence-electron chi connectivity index (χ4n) is 3.77. The molecule has 3 amide bonds. The van der Waals surface area contributed by atoms with E-state index in [0.717, 1.165) is 5.56 Å². The normalized spacial score (nSPS) is 25.3. The van der Waals surface area contributed by atoms with Crippen molar-refractivity contribution in [3.63, 3.8) is 0 Å². The van der Waals surface area contributed by atoms with E-state index in [-0.39, 0.29) is 31.3 Å². The predicted molar refractivity (Wildman–Crippen MR) is 102 cm³/mol. The molecule has 3 atom stereocenters. The molecule has 2 aliphatic rings. The Morgan fingerprint density at radius 3 is 2.79 bits per heavy atom. The van der Waals surface area contributed by atoms with E-state index in [1.54, 1.807) is 18.2 Å². The zero-order chi connectivity index (χ0) is 21.0. The van der Waals surface area contributed by atoms with Crippen LogP contribution in [0, 0.1) is 0 Å². The smallest absolute Gasteiger partial charge is 0.326 e.